The monoisotopic (exact) mass is 820 g/mol. The van der Waals surface area contributed by atoms with E-state index >= 15 is 0 Å². The highest BCUT2D eigenvalue weighted by atomic mass is 16.5. The predicted octanol–water partition coefficient (Wildman–Crippen LogP) is 2.71. The fraction of sp³-hybridized carbons (Fsp3) is 0.429. The highest BCUT2D eigenvalue weighted by Crippen LogP contribution is 2.39. The average Bonchev–Trinajstić information content (AvgIpc) is 4.01. The molecule has 0 spiro atoms. The molecule has 2 unspecified atom stereocenters. The molecule has 3 fully saturated rings. The number of carbonyl (C=O) groups excluding carboxylic acids is 5. The zero-order chi connectivity index (χ0) is 41.8. The molecule has 5 heterocycles. The molecule has 5 amide bonds. The third-order valence-electron chi connectivity index (χ3n) is 11.2. The van der Waals surface area contributed by atoms with Crippen LogP contribution in [0.25, 0.3) is 10.9 Å². The van der Waals surface area contributed by atoms with E-state index in [1.165, 1.54) is 0 Å². The number of aromatic nitrogens is 3. The summed E-state index contributed by atoms with van der Waals surface area (Å²) >= 11 is 0. The lowest BCUT2D eigenvalue weighted by Crippen LogP contribution is -2.53. The standard InChI is InChI=1S/C42H48N10O8/c1-51(14-16-60-18-17-59-15-13-44-31-4-2-3-28-37(31)42(58)52(41(28)57)33-8-10-36(53)50-39(33)55)40(56)25-19-27(20-25)47-38(54)29-23-45-35(21-32(29)46-26-6-7-26)49-34-9-5-24-22-43-12-11-30(24)48-34/h2-5,9,11-12,21-23,25-27,33,41,44,57H,6-8,10,13-20H2,1H3,(H,47,54)(H,50,53,55)(H2,45,46,48,49). The summed E-state index contributed by atoms with van der Waals surface area (Å²) in [6, 6.07) is 11.8. The molecule has 1 saturated heterocycles. The Morgan fingerprint density at radius 1 is 0.950 bits per heavy atom. The number of amides is 5. The number of nitrogens with one attached hydrogen (secondary N) is 5. The maximum Gasteiger partial charge on any atom is 0.259 e. The Labute approximate surface area is 345 Å². The van der Waals surface area contributed by atoms with Gasteiger partial charge >= 0.3 is 0 Å². The van der Waals surface area contributed by atoms with E-state index in [1.807, 2.05) is 24.3 Å². The van der Waals surface area contributed by atoms with E-state index in [1.54, 1.807) is 48.7 Å². The topological polar surface area (TPSA) is 229 Å². The van der Waals surface area contributed by atoms with Crippen molar-refractivity contribution in [1.29, 1.82) is 0 Å². The summed E-state index contributed by atoms with van der Waals surface area (Å²) in [4.78, 5) is 79.8. The number of carbonyl (C=O) groups is 5. The van der Waals surface area contributed by atoms with Crippen molar-refractivity contribution in [2.75, 3.05) is 62.5 Å². The number of aliphatic hydroxyl groups is 1. The van der Waals surface area contributed by atoms with Gasteiger partial charge in [0.05, 0.1) is 48.8 Å². The normalized spacial score (nSPS) is 20.9. The highest BCUT2D eigenvalue weighted by Gasteiger charge is 2.45. The Bertz CT molecular complexity index is 2280. The van der Waals surface area contributed by atoms with Crippen LogP contribution < -0.4 is 26.6 Å². The first-order chi connectivity index (χ1) is 29.1. The molecular formula is C42H48N10O8. The summed E-state index contributed by atoms with van der Waals surface area (Å²) in [5.74, 6) is -0.684. The smallest absolute Gasteiger partial charge is 0.259 e. The van der Waals surface area contributed by atoms with Gasteiger partial charge in [0.1, 0.15) is 17.7 Å². The number of anilines is 4. The number of aliphatic hydroxyl groups excluding tert-OH is 1. The Morgan fingerprint density at radius 3 is 2.57 bits per heavy atom. The molecule has 18 nitrogen and oxygen atoms in total. The van der Waals surface area contributed by atoms with Gasteiger partial charge in [0.15, 0.2) is 6.23 Å². The van der Waals surface area contributed by atoms with Gasteiger partial charge in [-0.15, -0.1) is 0 Å². The van der Waals surface area contributed by atoms with Crippen molar-refractivity contribution in [3.05, 3.63) is 77.7 Å². The molecule has 2 aliphatic carbocycles. The van der Waals surface area contributed by atoms with Crippen LogP contribution in [0, 0.1) is 5.92 Å². The summed E-state index contributed by atoms with van der Waals surface area (Å²) in [6.45, 7) is 2.09. The lowest BCUT2D eigenvalue weighted by Gasteiger charge is -2.37. The van der Waals surface area contributed by atoms with Crippen LogP contribution in [-0.4, -0.2) is 124 Å². The van der Waals surface area contributed by atoms with E-state index in [0.29, 0.717) is 92.5 Å². The molecule has 2 aliphatic heterocycles. The largest absolute Gasteiger partial charge is 0.382 e. The number of hydrogen-bond donors (Lipinski definition) is 6. The van der Waals surface area contributed by atoms with Gasteiger partial charge in [-0.2, -0.15) is 0 Å². The van der Waals surface area contributed by atoms with Gasteiger partial charge < -0.3 is 40.7 Å². The van der Waals surface area contributed by atoms with Crippen LogP contribution in [0.5, 0.6) is 0 Å². The van der Waals surface area contributed by atoms with Gasteiger partial charge in [-0.05, 0) is 56.4 Å². The van der Waals surface area contributed by atoms with Crippen LogP contribution in [0.2, 0.25) is 0 Å². The van der Waals surface area contributed by atoms with E-state index in [9.17, 15) is 29.1 Å². The number of rotatable bonds is 18. The summed E-state index contributed by atoms with van der Waals surface area (Å²) in [5, 5.41) is 27.0. The Balaban J connectivity index is 0.714. The lowest BCUT2D eigenvalue weighted by atomic mass is 9.79. The Hall–Kier alpha value is -6.24. The second kappa shape index (κ2) is 17.9. The molecule has 1 aromatic carbocycles. The van der Waals surface area contributed by atoms with Crippen molar-refractivity contribution in [2.45, 2.75) is 62.9 Å². The second-order valence-corrected chi connectivity index (χ2v) is 15.5. The number of fused-ring (bicyclic) bond motifs is 2. The third-order valence-corrected chi connectivity index (χ3v) is 11.2. The summed E-state index contributed by atoms with van der Waals surface area (Å²) in [5.41, 5.74) is 3.15. The zero-order valence-corrected chi connectivity index (χ0v) is 33.2. The molecule has 3 aromatic heterocycles. The van der Waals surface area contributed by atoms with Gasteiger partial charge in [-0.1, -0.05) is 12.1 Å². The molecule has 8 rings (SSSR count). The number of nitrogens with zero attached hydrogens (tertiary/aromatic N) is 5. The van der Waals surface area contributed by atoms with E-state index < -0.39 is 30.0 Å². The van der Waals surface area contributed by atoms with Crippen molar-refractivity contribution in [3.63, 3.8) is 0 Å². The van der Waals surface area contributed by atoms with E-state index in [2.05, 4.69) is 41.5 Å². The van der Waals surface area contributed by atoms with E-state index in [0.717, 1.165) is 28.6 Å². The van der Waals surface area contributed by atoms with Crippen LogP contribution in [0.1, 0.15) is 71.0 Å². The second-order valence-electron chi connectivity index (χ2n) is 15.5. The molecule has 4 aliphatic rings. The molecule has 2 saturated carbocycles. The third kappa shape index (κ3) is 9.15. The first kappa shape index (κ1) is 40.5. The summed E-state index contributed by atoms with van der Waals surface area (Å²) < 4.78 is 11.4. The SMILES string of the molecule is CN(CCOCCOCCNc1cccc2c1C(=O)N(C1CCC(=O)NC1=O)C2O)C(=O)C1CC(NC(=O)c2cnc(Nc3ccc4cnccc4n3)cc2NC2CC2)C1. The number of imide groups is 1. The van der Waals surface area contributed by atoms with Gasteiger partial charge in [-0.3, -0.25) is 39.2 Å². The quantitative estimate of drug-likeness (QED) is 0.0627. The molecule has 314 valence electrons. The molecular weight excluding hydrogens is 773 g/mol. The fourth-order valence-electron chi connectivity index (χ4n) is 7.66. The van der Waals surface area contributed by atoms with Crippen LogP contribution in [0.15, 0.2) is 61.1 Å². The van der Waals surface area contributed by atoms with Crippen molar-refractivity contribution < 1.29 is 38.6 Å². The Kier molecular flexibility index (Phi) is 12.1. The fourth-order valence-corrected chi connectivity index (χ4v) is 7.66. The predicted molar refractivity (Wildman–Crippen MR) is 219 cm³/mol. The first-order valence-electron chi connectivity index (χ1n) is 20.3. The number of likely N-dealkylation sites (N-methyl/N-ethyl adjacent to an activating group) is 1. The first-order valence-corrected chi connectivity index (χ1v) is 20.3. The van der Waals surface area contributed by atoms with Crippen LogP contribution >= 0.6 is 0 Å². The van der Waals surface area contributed by atoms with Gasteiger partial charge in [0.2, 0.25) is 17.7 Å². The Morgan fingerprint density at radius 2 is 1.77 bits per heavy atom. The van der Waals surface area contributed by atoms with Gasteiger partial charge in [-0.25, -0.2) is 9.97 Å². The number of pyridine rings is 3. The van der Waals surface area contributed by atoms with Crippen molar-refractivity contribution in [2.24, 2.45) is 5.92 Å². The van der Waals surface area contributed by atoms with E-state index in [-0.39, 0.29) is 42.2 Å². The van der Waals surface area contributed by atoms with Crippen molar-refractivity contribution in [1.82, 2.24) is 35.4 Å². The molecule has 60 heavy (non-hydrogen) atoms. The number of ether oxygens (including phenoxy) is 2. The maximum atomic E-state index is 13.4. The molecule has 6 N–H and O–H groups in total. The van der Waals surface area contributed by atoms with Crippen LogP contribution in [-0.2, 0) is 23.9 Å². The lowest BCUT2D eigenvalue weighted by molar-refractivity contribution is -0.140. The highest BCUT2D eigenvalue weighted by molar-refractivity contribution is 6.08. The van der Waals surface area contributed by atoms with E-state index in [4.69, 9.17) is 9.47 Å². The molecule has 0 radical (unpaired) electrons. The minimum Gasteiger partial charge on any atom is -0.382 e. The minimum atomic E-state index is -1.29. The summed E-state index contributed by atoms with van der Waals surface area (Å²) in [7, 11) is 1.75. The molecule has 4 aromatic rings. The average molecular weight is 821 g/mol. The number of benzene rings is 1. The van der Waals surface area contributed by atoms with Crippen LogP contribution in [0.3, 0.4) is 0 Å². The van der Waals surface area contributed by atoms with Gasteiger partial charge in [0, 0.05) is 85.9 Å². The summed E-state index contributed by atoms with van der Waals surface area (Å²) in [6.07, 6.45) is 7.15. The molecule has 0 bridgehead atoms. The zero-order valence-electron chi connectivity index (χ0n) is 33.2. The van der Waals surface area contributed by atoms with Crippen LogP contribution in [0.4, 0.5) is 23.0 Å². The number of piperidine rings is 1. The molecule has 18 heteroatoms. The van der Waals surface area contributed by atoms with Crippen molar-refractivity contribution >= 4 is 63.4 Å². The maximum absolute atomic E-state index is 13.4. The number of hydrogen-bond acceptors (Lipinski definition) is 14. The van der Waals surface area contributed by atoms with Gasteiger partial charge in [0.25, 0.3) is 11.8 Å². The molecule has 2 atom stereocenters. The minimum absolute atomic E-state index is 0.0109. The van der Waals surface area contributed by atoms with Crippen molar-refractivity contribution in [3.8, 4) is 0 Å².